The third-order valence-electron chi connectivity index (χ3n) is 2.21. The zero-order chi connectivity index (χ0) is 10.7. The molecule has 1 aromatic rings. The fraction of sp³-hybridized carbons (Fsp3) is 0.364. The van der Waals surface area contributed by atoms with Gasteiger partial charge in [-0.15, -0.1) is 0 Å². The summed E-state index contributed by atoms with van der Waals surface area (Å²) in [6.07, 6.45) is -0.116. The lowest BCUT2D eigenvalue weighted by Gasteiger charge is -2.07. The van der Waals surface area contributed by atoms with Crippen LogP contribution in [0.4, 0.5) is 0 Å². The Morgan fingerprint density at radius 3 is 2.47 bits per heavy atom. The molecule has 0 radical (unpaired) electrons. The maximum absolute atomic E-state index is 11.7. The number of hydrogen-bond donors (Lipinski definition) is 0. The van der Waals surface area contributed by atoms with Gasteiger partial charge in [0, 0.05) is 10.6 Å². The third kappa shape index (κ3) is 2.78. The summed E-state index contributed by atoms with van der Waals surface area (Å²) in [6, 6.07) is 6.82. The first kappa shape index (κ1) is 10.6. The van der Waals surface area contributed by atoms with E-state index in [2.05, 4.69) is 0 Å². The largest absolute Gasteiger partial charge is 0.350 e. The number of halogens is 1. The molecular weight excluding hydrogens is 216 g/mol. The Hall–Kier alpha value is -0.900. The Morgan fingerprint density at radius 1 is 1.27 bits per heavy atom. The predicted octanol–water partition coefficient (Wildman–Crippen LogP) is 2.29. The van der Waals surface area contributed by atoms with E-state index in [0.29, 0.717) is 23.8 Å². The van der Waals surface area contributed by atoms with Gasteiger partial charge in [-0.25, -0.2) is 0 Å². The Kier molecular flexibility index (Phi) is 3.36. The Morgan fingerprint density at radius 2 is 1.87 bits per heavy atom. The quantitative estimate of drug-likeness (QED) is 0.742. The molecule has 1 saturated heterocycles. The second-order valence-electron chi connectivity index (χ2n) is 3.31. The van der Waals surface area contributed by atoms with E-state index in [4.69, 9.17) is 21.1 Å². The van der Waals surface area contributed by atoms with Gasteiger partial charge in [-0.05, 0) is 24.3 Å². The van der Waals surface area contributed by atoms with E-state index in [1.54, 1.807) is 24.3 Å². The maximum Gasteiger partial charge on any atom is 0.167 e. The molecule has 0 saturated carbocycles. The molecule has 1 heterocycles. The molecule has 0 amide bonds. The number of carbonyl (C=O) groups is 1. The number of ketones is 1. The van der Waals surface area contributed by atoms with Crippen LogP contribution in [0.3, 0.4) is 0 Å². The van der Waals surface area contributed by atoms with Crippen LogP contribution in [0.25, 0.3) is 0 Å². The van der Waals surface area contributed by atoms with Crippen LogP contribution in [-0.2, 0) is 9.47 Å². The first-order valence-electron chi connectivity index (χ1n) is 4.78. The minimum atomic E-state index is -0.381. The fourth-order valence-corrected chi connectivity index (χ4v) is 1.56. The molecule has 1 aromatic carbocycles. The van der Waals surface area contributed by atoms with Crippen molar-refractivity contribution in [3.8, 4) is 0 Å². The van der Waals surface area contributed by atoms with E-state index < -0.39 is 0 Å². The number of rotatable bonds is 3. The summed E-state index contributed by atoms with van der Waals surface area (Å²) < 4.78 is 10.4. The van der Waals surface area contributed by atoms with Crippen molar-refractivity contribution in [3.63, 3.8) is 0 Å². The summed E-state index contributed by atoms with van der Waals surface area (Å²) in [7, 11) is 0. The van der Waals surface area contributed by atoms with Crippen LogP contribution in [0.5, 0.6) is 0 Å². The predicted molar refractivity (Wildman–Crippen MR) is 56.1 cm³/mol. The average Bonchev–Trinajstić information content (AvgIpc) is 2.71. The summed E-state index contributed by atoms with van der Waals surface area (Å²) in [4.78, 5) is 11.7. The highest BCUT2D eigenvalue weighted by molar-refractivity contribution is 6.30. The number of benzene rings is 1. The van der Waals surface area contributed by atoms with E-state index in [-0.39, 0.29) is 18.5 Å². The van der Waals surface area contributed by atoms with Gasteiger partial charge in [-0.2, -0.15) is 0 Å². The van der Waals surface area contributed by atoms with Crippen LogP contribution in [0.1, 0.15) is 16.8 Å². The maximum atomic E-state index is 11.7. The van der Waals surface area contributed by atoms with Crippen LogP contribution in [0.15, 0.2) is 24.3 Å². The number of Topliss-reactive ketones (excluding diaryl/α,β-unsaturated/α-hetero) is 1. The molecule has 0 atom stereocenters. The van der Waals surface area contributed by atoms with Gasteiger partial charge in [-0.3, -0.25) is 4.79 Å². The normalized spacial score (nSPS) is 16.9. The molecule has 0 aliphatic carbocycles. The molecule has 2 rings (SSSR count). The summed E-state index contributed by atoms with van der Waals surface area (Å²) >= 11 is 5.73. The van der Waals surface area contributed by atoms with Gasteiger partial charge in [0.2, 0.25) is 0 Å². The number of ether oxygens (including phenoxy) is 2. The topological polar surface area (TPSA) is 35.5 Å². The van der Waals surface area contributed by atoms with Crippen LogP contribution >= 0.6 is 11.6 Å². The molecule has 0 N–H and O–H groups in total. The zero-order valence-corrected chi connectivity index (χ0v) is 8.87. The highest BCUT2D eigenvalue weighted by Gasteiger charge is 2.20. The van der Waals surface area contributed by atoms with Gasteiger partial charge in [0.05, 0.1) is 19.6 Å². The third-order valence-corrected chi connectivity index (χ3v) is 2.46. The summed E-state index contributed by atoms with van der Waals surface area (Å²) in [5.74, 6) is 0.0126. The van der Waals surface area contributed by atoms with E-state index in [1.165, 1.54) is 0 Å². The Balaban J connectivity index is 1.98. The van der Waals surface area contributed by atoms with E-state index in [0.717, 1.165) is 0 Å². The molecule has 1 fully saturated rings. The standard InChI is InChI=1S/C11H11ClO3/c12-9-3-1-8(2-4-9)10(13)7-11-14-5-6-15-11/h1-4,11H,5-7H2. The van der Waals surface area contributed by atoms with Gasteiger partial charge in [0.15, 0.2) is 12.1 Å². The number of hydrogen-bond acceptors (Lipinski definition) is 3. The van der Waals surface area contributed by atoms with Gasteiger partial charge < -0.3 is 9.47 Å². The molecule has 1 aliphatic rings. The van der Waals surface area contributed by atoms with Gasteiger partial charge >= 0.3 is 0 Å². The minimum absolute atomic E-state index is 0.0126. The lowest BCUT2D eigenvalue weighted by atomic mass is 10.1. The van der Waals surface area contributed by atoms with Crippen molar-refractivity contribution in [2.75, 3.05) is 13.2 Å². The molecule has 3 nitrogen and oxygen atoms in total. The summed E-state index contributed by atoms with van der Waals surface area (Å²) in [5, 5.41) is 0.625. The van der Waals surface area contributed by atoms with Crippen LogP contribution in [-0.4, -0.2) is 25.3 Å². The zero-order valence-electron chi connectivity index (χ0n) is 8.11. The van der Waals surface area contributed by atoms with Crippen molar-refractivity contribution in [1.29, 1.82) is 0 Å². The highest BCUT2D eigenvalue weighted by atomic mass is 35.5. The van der Waals surface area contributed by atoms with Crippen molar-refractivity contribution >= 4 is 17.4 Å². The van der Waals surface area contributed by atoms with Crippen molar-refractivity contribution < 1.29 is 14.3 Å². The summed E-state index contributed by atoms with van der Waals surface area (Å²) in [6.45, 7) is 1.14. The lowest BCUT2D eigenvalue weighted by Crippen LogP contribution is -2.14. The van der Waals surface area contributed by atoms with Crippen LogP contribution in [0.2, 0.25) is 5.02 Å². The fourth-order valence-electron chi connectivity index (χ4n) is 1.43. The van der Waals surface area contributed by atoms with Crippen LogP contribution in [0, 0.1) is 0 Å². The molecule has 0 aromatic heterocycles. The van der Waals surface area contributed by atoms with E-state index in [9.17, 15) is 4.79 Å². The monoisotopic (exact) mass is 226 g/mol. The van der Waals surface area contributed by atoms with Crippen molar-refractivity contribution in [1.82, 2.24) is 0 Å². The minimum Gasteiger partial charge on any atom is -0.350 e. The molecule has 4 heteroatoms. The molecule has 0 spiro atoms. The Labute approximate surface area is 92.9 Å². The van der Waals surface area contributed by atoms with Gasteiger partial charge in [0.25, 0.3) is 0 Å². The van der Waals surface area contributed by atoms with E-state index in [1.807, 2.05) is 0 Å². The van der Waals surface area contributed by atoms with Crippen molar-refractivity contribution in [3.05, 3.63) is 34.9 Å². The average molecular weight is 227 g/mol. The number of carbonyl (C=O) groups excluding carboxylic acids is 1. The molecule has 0 unspecified atom stereocenters. The van der Waals surface area contributed by atoms with Crippen LogP contribution < -0.4 is 0 Å². The first-order chi connectivity index (χ1) is 7.25. The Bertz CT molecular complexity index is 341. The highest BCUT2D eigenvalue weighted by Crippen LogP contribution is 2.15. The molecule has 15 heavy (non-hydrogen) atoms. The SMILES string of the molecule is O=C(CC1OCCO1)c1ccc(Cl)cc1. The van der Waals surface area contributed by atoms with Gasteiger partial charge in [0.1, 0.15) is 0 Å². The van der Waals surface area contributed by atoms with E-state index >= 15 is 0 Å². The second-order valence-corrected chi connectivity index (χ2v) is 3.74. The van der Waals surface area contributed by atoms with Crippen molar-refractivity contribution in [2.24, 2.45) is 0 Å². The second kappa shape index (κ2) is 4.75. The molecule has 80 valence electrons. The molecule has 0 bridgehead atoms. The van der Waals surface area contributed by atoms with Crippen molar-refractivity contribution in [2.45, 2.75) is 12.7 Å². The molecular formula is C11H11ClO3. The van der Waals surface area contributed by atoms with Gasteiger partial charge in [-0.1, -0.05) is 11.6 Å². The lowest BCUT2D eigenvalue weighted by molar-refractivity contribution is -0.0407. The first-order valence-corrected chi connectivity index (χ1v) is 5.15. The molecule has 1 aliphatic heterocycles. The summed E-state index contributed by atoms with van der Waals surface area (Å²) in [5.41, 5.74) is 0.638. The smallest absolute Gasteiger partial charge is 0.167 e.